The summed E-state index contributed by atoms with van der Waals surface area (Å²) in [7, 11) is 0. The summed E-state index contributed by atoms with van der Waals surface area (Å²) >= 11 is 0. The van der Waals surface area contributed by atoms with Crippen LogP contribution in [0, 0.1) is 0 Å². The van der Waals surface area contributed by atoms with E-state index in [1.165, 1.54) is 22.2 Å². The van der Waals surface area contributed by atoms with Crippen molar-refractivity contribution in [2.75, 3.05) is 11.9 Å². The van der Waals surface area contributed by atoms with Gasteiger partial charge in [0.2, 0.25) is 0 Å². The molecule has 1 N–H and O–H groups in total. The lowest BCUT2D eigenvalue weighted by atomic mass is 9.99. The summed E-state index contributed by atoms with van der Waals surface area (Å²) in [5, 5.41) is 4.59. The third-order valence-electron chi connectivity index (χ3n) is 2.89. The van der Waals surface area contributed by atoms with E-state index in [9.17, 15) is 0 Å². The highest BCUT2D eigenvalue weighted by molar-refractivity contribution is 5.97. The Kier molecular flexibility index (Phi) is 1.75. The van der Waals surface area contributed by atoms with Crippen molar-refractivity contribution >= 4 is 22.2 Å². The summed E-state index contributed by atoms with van der Waals surface area (Å²) in [4.78, 5) is 4.44. The van der Waals surface area contributed by atoms with Gasteiger partial charge in [0.05, 0.1) is 11.2 Å². The number of nitrogens with one attached hydrogen (secondary N) is 1. The molecule has 0 fully saturated rings. The highest BCUT2D eigenvalue weighted by atomic mass is 14.9. The third kappa shape index (κ3) is 1.22. The molecule has 0 aliphatic carbocycles. The Morgan fingerprint density at radius 1 is 1.27 bits per heavy atom. The molecule has 2 nitrogen and oxygen atoms in total. The molecule has 0 radical (unpaired) electrons. The van der Waals surface area contributed by atoms with E-state index >= 15 is 0 Å². The molecule has 0 saturated carbocycles. The monoisotopic (exact) mass is 196 g/mol. The third-order valence-corrected chi connectivity index (χ3v) is 2.89. The second kappa shape index (κ2) is 3.09. The van der Waals surface area contributed by atoms with Gasteiger partial charge in [-0.1, -0.05) is 24.3 Å². The first-order chi connectivity index (χ1) is 7.36. The fourth-order valence-electron chi connectivity index (χ4n) is 2.07. The van der Waals surface area contributed by atoms with Gasteiger partial charge in [-0.25, -0.2) is 0 Å². The predicted molar refractivity (Wildman–Crippen MR) is 63.9 cm³/mol. The number of anilines is 1. The molecular formula is C13H12N2. The zero-order chi connectivity index (χ0) is 10.3. The number of hydrogen-bond donors (Lipinski definition) is 1. The molecule has 74 valence electrons. The summed E-state index contributed by atoms with van der Waals surface area (Å²) in [5.41, 5.74) is 4.85. The molecule has 2 heteroatoms. The SMILES string of the molecule is CC1=CCNc2c1ccc1cccnc21. The number of hydrogen-bond acceptors (Lipinski definition) is 2. The highest BCUT2D eigenvalue weighted by Gasteiger charge is 2.12. The Bertz CT molecular complexity index is 555. The number of rotatable bonds is 0. The van der Waals surface area contributed by atoms with Crippen LogP contribution in [0.5, 0.6) is 0 Å². The fraction of sp³-hybridized carbons (Fsp3) is 0.154. The molecule has 1 aromatic carbocycles. The van der Waals surface area contributed by atoms with Crippen molar-refractivity contribution in [3.05, 3.63) is 42.1 Å². The maximum atomic E-state index is 4.44. The molecule has 0 bridgehead atoms. The van der Waals surface area contributed by atoms with Gasteiger partial charge >= 0.3 is 0 Å². The standard InChI is InChI=1S/C13H12N2/c1-9-6-8-15-13-11(9)5-4-10-3-2-7-14-12(10)13/h2-7,15H,8H2,1H3. The number of benzene rings is 1. The lowest BCUT2D eigenvalue weighted by molar-refractivity contribution is 1.28. The number of allylic oxidation sites excluding steroid dienone is 1. The first-order valence-corrected chi connectivity index (χ1v) is 5.15. The number of nitrogens with zero attached hydrogens (tertiary/aromatic N) is 1. The van der Waals surface area contributed by atoms with Crippen molar-refractivity contribution < 1.29 is 0 Å². The molecule has 0 atom stereocenters. The minimum atomic E-state index is 0.897. The molecule has 15 heavy (non-hydrogen) atoms. The molecule has 1 aromatic heterocycles. The number of fused-ring (bicyclic) bond motifs is 3. The molecule has 2 heterocycles. The van der Waals surface area contributed by atoms with Crippen molar-refractivity contribution in [2.24, 2.45) is 0 Å². The first-order valence-electron chi connectivity index (χ1n) is 5.15. The molecule has 3 rings (SSSR count). The second-order valence-corrected chi connectivity index (χ2v) is 3.83. The molecule has 0 saturated heterocycles. The Morgan fingerprint density at radius 3 is 3.13 bits per heavy atom. The van der Waals surface area contributed by atoms with Crippen LogP contribution in [0.4, 0.5) is 5.69 Å². The van der Waals surface area contributed by atoms with E-state index in [2.05, 4.69) is 41.5 Å². The minimum absolute atomic E-state index is 0.897. The van der Waals surface area contributed by atoms with E-state index in [4.69, 9.17) is 0 Å². The molecule has 1 aliphatic heterocycles. The summed E-state index contributed by atoms with van der Waals surface area (Å²) in [6.07, 6.45) is 4.05. The predicted octanol–water partition coefficient (Wildman–Crippen LogP) is 3.06. The van der Waals surface area contributed by atoms with Gasteiger partial charge in [0.15, 0.2) is 0 Å². The van der Waals surface area contributed by atoms with Crippen molar-refractivity contribution in [1.29, 1.82) is 0 Å². The minimum Gasteiger partial charge on any atom is -0.379 e. The van der Waals surface area contributed by atoms with E-state index < -0.39 is 0 Å². The fourth-order valence-corrected chi connectivity index (χ4v) is 2.07. The van der Waals surface area contributed by atoms with E-state index in [1.807, 2.05) is 12.3 Å². The van der Waals surface area contributed by atoms with Gasteiger partial charge in [0, 0.05) is 23.7 Å². The van der Waals surface area contributed by atoms with Gasteiger partial charge in [-0.05, 0) is 18.6 Å². The van der Waals surface area contributed by atoms with Crippen LogP contribution < -0.4 is 5.32 Å². The van der Waals surface area contributed by atoms with E-state index in [0.29, 0.717) is 0 Å². The number of pyridine rings is 1. The Hall–Kier alpha value is -1.83. The first kappa shape index (κ1) is 8.48. The van der Waals surface area contributed by atoms with Gasteiger partial charge < -0.3 is 5.32 Å². The summed E-state index contributed by atoms with van der Waals surface area (Å²) < 4.78 is 0. The van der Waals surface area contributed by atoms with Crippen LogP contribution in [-0.4, -0.2) is 11.5 Å². The summed E-state index contributed by atoms with van der Waals surface area (Å²) in [6.45, 7) is 3.04. The zero-order valence-electron chi connectivity index (χ0n) is 8.62. The zero-order valence-corrected chi connectivity index (χ0v) is 8.62. The molecule has 1 aliphatic rings. The Labute approximate surface area is 88.6 Å². The Morgan fingerprint density at radius 2 is 2.20 bits per heavy atom. The molecule has 0 unspecified atom stereocenters. The van der Waals surface area contributed by atoms with Crippen LogP contribution in [-0.2, 0) is 0 Å². The van der Waals surface area contributed by atoms with Gasteiger partial charge in [0.25, 0.3) is 0 Å². The van der Waals surface area contributed by atoms with Crippen LogP contribution in [0.25, 0.3) is 16.5 Å². The molecule has 0 spiro atoms. The van der Waals surface area contributed by atoms with Crippen molar-refractivity contribution in [2.45, 2.75) is 6.92 Å². The topological polar surface area (TPSA) is 24.9 Å². The lowest BCUT2D eigenvalue weighted by Gasteiger charge is -2.18. The molecule has 0 amide bonds. The van der Waals surface area contributed by atoms with Gasteiger partial charge in [-0.3, -0.25) is 4.98 Å². The molecular weight excluding hydrogens is 184 g/mol. The summed E-state index contributed by atoms with van der Waals surface area (Å²) in [6, 6.07) is 8.36. The van der Waals surface area contributed by atoms with E-state index in [0.717, 1.165) is 12.1 Å². The van der Waals surface area contributed by atoms with Crippen LogP contribution in [0.3, 0.4) is 0 Å². The maximum Gasteiger partial charge on any atom is 0.0939 e. The van der Waals surface area contributed by atoms with Crippen molar-refractivity contribution in [1.82, 2.24) is 4.98 Å². The number of aromatic nitrogens is 1. The van der Waals surface area contributed by atoms with Gasteiger partial charge in [-0.2, -0.15) is 0 Å². The molecule has 2 aromatic rings. The van der Waals surface area contributed by atoms with Crippen molar-refractivity contribution in [3.63, 3.8) is 0 Å². The van der Waals surface area contributed by atoms with Crippen LogP contribution in [0.15, 0.2) is 36.5 Å². The van der Waals surface area contributed by atoms with E-state index in [1.54, 1.807) is 0 Å². The van der Waals surface area contributed by atoms with Crippen LogP contribution in [0.1, 0.15) is 12.5 Å². The van der Waals surface area contributed by atoms with Crippen LogP contribution in [0.2, 0.25) is 0 Å². The summed E-state index contributed by atoms with van der Waals surface area (Å²) in [5.74, 6) is 0. The van der Waals surface area contributed by atoms with Gasteiger partial charge in [-0.15, -0.1) is 0 Å². The largest absolute Gasteiger partial charge is 0.379 e. The second-order valence-electron chi connectivity index (χ2n) is 3.83. The van der Waals surface area contributed by atoms with Crippen LogP contribution >= 0.6 is 0 Å². The smallest absolute Gasteiger partial charge is 0.0939 e. The average Bonchev–Trinajstić information content (AvgIpc) is 2.29. The van der Waals surface area contributed by atoms with Gasteiger partial charge in [0.1, 0.15) is 0 Å². The van der Waals surface area contributed by atoms with Crippen molar-refractivity contribution in [3.8, 4) is 0 Å². The quantitative estimate of drug-likeness (QED) is 0.700. The average molecular weight is 196 g/mol. The highest BCUT2D eigenvalue weighted by Crippen LogP contribution is 2.32. The van der Waals surface area contributed by atoms with E-state index in [-0.39, 0.29) is 0 Å². The normalized spacial score (nSPS) is 14.3. The maximum absolute atomic E-state index is 4.44. The lowest BCUT2D eigenvalue weighted by Crippen LogP contribution is -2.07. The Balaban J connectivity index is 2.39.